The number of allylic oxidation sites excluding steroid dienone is 2. The molecule has 0 spiro atoms. The van der Waals surface area contributed by atoms with Gasteiger partial charge in [-0.15, -0.1) is 0 Å². The highest BCUT2D eigenvalue weighted by Gasteiger charge is 2.15. The Morgan fingerprint density at radius 3 is 2.59 bits per heavy atom. The molecule has 1 heterocycles. The fraction of sp³-hybridized carbons (Fsp3) is 0.294. The standard InChI is InChI=1S/C17H20IN3O/c1-11(2)9-12(3)13-7-5-6-8-15(13)19-17(22)14-10-21(4)20-16(14)18/h5-11H,1-4H3,(H,19,22)/b12-9+. The van der Waals surface area contributed by atoms with Crippen LogP contribution in [0.5, 0.6) is 0 Å². The van der Waals surface area contributed by atoms with Crippen LogP contribution in [0.1, 0.15) is 36.7 Å². The average Bonchev–Trinajstić information content (AvgIpc) is 2.77. The maximum atomic E-state index is 12.5. The van der Waals surface area contributed by atoms with Crippen LogP contribution in [0.2, 0.25) is 0 Å². The largest absolute Gasteiger partial charge is 0.321 e. The third-order valence-electron chi connectivity index (χ3n) is 3.21. The van der Waals surface area contributed by atoms with Crippen LogP contribution < -0.4 is 5.32 Å². The molecule has 0 saturated heterocycles. The first-order valence-electron chi connectivity index (χ1n) is 7.16. The molecule has 5 heteroatoms. The molecule has 116 valence electrons. The summed E-state index contributed by atoms with van der Waals surface area (Å²) in [5.41, 5.74) is 3.61. The predicted octanol–water partition coefficient (Wildman–Crippen LogP) is 4.34. The number of carbonyl (C=O) groups excluding carboxylic acids is 1. The number of para-hydroxylation sites is 1. The predicted molar refractivity (Wildman–Crippen MR) is 98.8 cm³/mol. The first-order chi connectivity index (χ1) is 10.4. The highest BCUT2D eigenvalue weighted by molar-refractivity contribution is 14.1. The van der Waals surface area contributed by atoms with Gasteiger partial charge >= 0.3 is 0 Å². The Kier molecular flexibility index (Phi) is 5.39. The summed E-state index contributed by atoms with van der Waals surface area (Å²) < 4.78 is 2.34. The van der Waals surface area contributed by atoms with Gasteiger partial charge in [0, 0.05) is 24.5 Å². The van der Waals surface area contributed by atoms with Crippen molar-refractivity contribution in [3.8, 4) is 0 Å². The Labute approximate surface area is 144 Å². The van der Waals surface area contributed by atoms with Crippen LogP contribution >= 0.6 is 22.6 Å². The molecule has 2 aromatic rings. The minimum absolute atomic E-state index is 0.137. The van der Waals surface area contributed by atoms with Crippen LogP contribution in [-0.4, -0.2) is 15.7 Å². The lowest BCUT2D eigenvalue weighted by atomic mass is 10.0. The number of aromatic nitrogens is 2. The molecule has 1 N–H and O–H groups in total. The number of hydrogen-bond acceptors (Lipinski definition) is 2. The summed E-state index contributed by atoms with van der Waals surface area (Å²) in [4.78, 5) is 12.5. The molecule has 0 bridgehead atoms. The number of rotatable bonds is 4. The Morgan fingerprint density at radius 1 is 1.32 bits per heavy atom. The Balaban J connectivity index is 2.31. The van der Waals surface area contributed by atoms with Gasteiger partial charge in [-0.1, -0.05) is 38.1 Å². The van der Waals surface area contributed by atoms with Gasteiger partial charge in [-0.05, 0) is 47.1 Å². The smallest absolute Gasteiger partial charge is 0.259 e. The van der Waals surface area contributed by atoms with Crippen molar-refractivity contribution in [1.82, 2.24) is 9.78 Å². The third kappa shape index (κ3) is 3.97. The molecular weight excluding hydrogens is 389 g/mol. The number of hydrogen-bond donors (Lipinski definition) is 1. The van der Waals surface area contributed by atoms with Crippen molar-refractivity contribution in [2.45, 2.75) is 20.8 Å². The zero-order chi connectivity index (χ0) is 16.3. The van der Waals surface area contributed by atoms with Crippen LogP contribution in [0.15, 0.2) is 36.5 Å². The van der Waals surface area contributed by atoms with E-state index in [1.165, 1.54) is 0 Å². The molecule has 0 aliphatic rings. The summed E-state index contributed by atoms with van der Waals surface area (Å²) in [6.45, 7) is 6.35. The minimum atomic E-state index is -0.137. The molecule has 0 aliphatic heterocycles. The minimum Gasteiger partial charge on any atom is -0.321 e. The number of halogens is 1. The van der Waals surface area contributed by atoms with Gasteiger partial charge in [0.1, 0.15) is 3.70 Å². The monoisotopic (exact) mass is 409 g/mol. The lowest BCUT2D eigenvalue weighted by Crippen LogP contribution is -2.13. The number of carbonyl (C=O) groups is 1. The molecular formula is C17H20IN3O. The van der Waals surface area contributed by atoms with Crippen molar-refractivity contribution in [1.29, 1.82) is 0 Å². The van der Waals surface area contributed by atoms with Crippen LogP contribution in [0.25, 0.3) is 5.57 Å². The van der Waals surface area contributed by atoms with Gasteiger partial charge in [0.05, 0.1) is 5.56 Å². The zero-order valence-electron chi connectivity index (χ0n) is 13.2. The van der Waals surface area contributed by atoms with Crippen molar-refractivity contribution in [2.75, 3.05) is 5.32 Å². The van der Waals surface area contributed by atoms with E-state index in [0.29, 0.717) is 15.2 Å². The molecule has 1 aromatic carbocycles. The summed E-state index contributed by atoms with van der Waals surface area (Å²) in [5, 5.41) is 7.20. The topological polar surface area (TPSA) is 46.9 Å². The highest BCUT2D eigenvalue weighted by Crippen LogP contribution is 2.25. The van der Waals surface area contributed by atoms with Crippen molar-refractivity contribution >= 4 is 39.8 Å². The number of nitrogens with one attached hydrogen (secondary N) is 1. The second kappa shape index (κ2) is 7.09. The van der Waals surface area contributed by atoms with Crippen molar-refractivity contribution in [2.24, 2.45) is 13.0 Å². The number of anilines is 1. The highest BCUT2D eigenvalue weighted by atomic mass is 127. The molecule has 1 amide bonds. The second-order valence-electron chi connectivity index (χ2n) is 5.60. The fourth-order valence-electron chi connectivity index (χ4n) is 2.33. The molecule has 0 unspecified atom stereocenters. The van der Waals surface area contributed by atoms with Crippen molar-refractivity contribution in [3.63, 3.8) is 0 Å². The van der Waals surface area contributed by atoms with E-state index in [4.69, 9.17) is 0 Å². The van der Waals surface area contributed by atoms with Crippen LogP contribution in [0.4, 0.5) is 5.69 Å². The quantitative estimate of drug-likeness (QED) is 0.764. The number of benzene rings is 1. The Morgan fingerprint density at radius 2 is 2.00 bits per heavy atom. The maximum Gasteiger partial charge on any atom is 0.259 e. The van der Waals surface area contributed by atoms with E-state index < -0.39 is 0 Å². The molecule has 1 aromatic heterocycles. The summed E-state index contributed by atoms with van der Waals surface area (Å²) in [5.74, 6) is 0.324. The lowest BCUT2D eigenvalue weighted by molar-refractivity contribution is 0.102. The van der Waals surface area contributed by atoms with Gasteiger partial charge < -0.3 is 5.32 Å². The van der Waals surface area contributed by atoms with E-state index >= 15 is 0 Å². The lowest BCUT2D eigenvalue weighted by Gasteiger charge is -2.12. The summed E-state index contributed by atoms with van der Waals surface area (Å²) in [7, 11) is 1.81. The van der Waals surface area contributed by atoms with Crippen LogP contribution in [0.3, 0.4) is 0 Å². The summed E-state index contributed by atoms with van der Waals surface area (Å²) in [6.07, 6.45) is 3.93. The Bertz CT molecular complexity index is 716. The average molecular weight is 409 g/mol. The first-order valence-corrected chi connectivity index (χ1v) is 8.24. The van der Waals surface area contributed by atoms with Gasteiger partial charge in [0.15, 0.2) is 0 Å². The van der Waals surface area contributed by atoms with Crippen LogP contribution in [0, 0.1) is 9.62 Å². The molecule has 0 radical (unpaired) electrons. The molecule has 0 aliphatic carbocycles. The Hall–Kier alpha value is -1.63. The van der Waals surface area contributed by atoms with E-state index in [2.05, 4.69) is 59.9 Å². The van der Waals surface area contributed by atoms with E-state index in [9.17, 15) is 4.79 Å². The molecule has 0 fully saturated rings. The molecule has 0 saturated carbocycles. The number of amides is 1. The SMILES string of the molecule is C/C(=C\C(C)C)c1ccccc1NC(=O)c1cn(C)nc1I. The molecule has 22 heavy (non-hydrogen) atoms. The molecule has 2 rings (SSSR count). The van der Waals surface area contributed by atoms with Gasteiger partial charge in [-0.2, -0.15) is 5.10 Å². The maximum absolute atomic E-state index is 12.5. The van der Waals surface area contributed by atoms with Gasteiger partial charge in [-0.3, -0.25) is 9.48 Å². The second-order valence-corrected chi connectivity index (χ2v) is 6.62. The first kappa shape index (κ1) is 16.7. The summed E-state index contributed by atoms with van der Waals surface area (Å²) in [6, 6.07) is 7.86. The van der Waals surface area contributed by atoms with E-state index in [-0.39, 0.29) is 5.91 Å². The van der Waals surface area contributed by atoms with Crippen molar-refractivity contribution in [3.05, 3.63) is 51.4 Å². The number of aryl methyl sites for hydroxylation is 1. The van der Waals surface area contributed by atoms with Gasteiger partial charge in [0.2, 0.25) is 0 Å². The van der Waals surface area contributed by atoms with E-state index in [1.54, 1.807) is 10.9 Å². The molecule has 0 atom stereocenters. The van der Waals surface area contributed by atoms with Gasteiger partial charge in [-0.25, -0.2) is 0 Å². The van der Waals surface area contributed by atoms with Gasteiger partial charge in [0.25, 0.3) is 5.91 Å². The van der Waals surface area contributed by atoms with Crippen molar-refractivity contribution < 1.29 is 4.79 Å². The third-order valence-corrected chi connectivity index (χ3v) is 4.01. The van der Waals surface area contributed by atoms with Crippen LogP contribution in [-0.2, 0) is 7.05 Å². The zero-order valence-corrected chi connectivity index (χ0v) is 15.4. The van der Waals surface area contributed by atoms with E-state index in [1.807, 2.05) is 31.3 Å². The molecule has 4 nitrogen and oxygen atoms in total. The van der Waals surface area contributed by atoms with E-state index in [0.717, 1.165) is 16.8 Å². The normalized spacial score (nSPS) is 11.8. The number of nitrogens with zero attached hydrogens (tertiary/aromatic N) is 2. The fourth-order valence-corrected chi connectivity index (χ4v) is 3.05. The summed E-state index contributed by atoms with van der Waals surface area (Å²) >= 11 is 2.07.